The molecule has 2 rings (SSSR count). The summed E-state index contributed by atoms with van der Waals surface area (Å²) in [6, 6.07) is 18.3. The van der Waals surface area contributed by atoms with Crippen molar-refractivity contribution >= 4 is 15.9 Å². The molecule has 0 radical (unpaired) electrons. The molecule has 0 aliphatic heterocycles. The van der Waals surface area contributed by atoms with Gasteiger partial charge in [0.25, 0.3) is 0 Å². The molecule has 17 heavy (non-hydrogen) atoms. The summed E-state index contributed by atoms with van der Waals surface area (Å²) in [5.74, 6) is 0. The number of aryl methyl sites for hydroxylation is 1. The van der Waals surface area contributed by atoms with Crippen LogP contribution in [0.5, 0.6) is 0 Å². The Hall–Kier alpha value is -1.59. The van der Waals surface area contributed by atoms with Crippen molar-refractivity contribution in [3.63, 3.8) is 0 Å². The highest BCUT2D eigenvalue weighted by Crippen LogP contribution is 2.21. The van der Waals surface area contributed by atoms with E-state index in [1.165, 1.54) is 11.1 Å². The quantitative estimate of drug-likeness (QED) is 0.777. The Morgan fingerprint density at radius 3 is 2.41 bits per heavy atom. The Balaban J connectivity index is 2.39. The van der Waals surface area contributed by atoms with Gasteiger partial charge in [0.2, 0.25) is 0 Å². The zero-order chi connectivity index (χ0) is 12.1. The van der Waals surface area contributed by atoms with E-state index in [1.54, 1.807) is 0 Å². The van der Waals surface area contributed by atoms with Crippen molar-refractivity contribution in [2.24, 2.45) is 0 Å². The smallest absolute Gasteiger partial charge is 0.0991 e. The summed E-state index contributed by atoms with van der Waals surface area (Å²) in [5.41, 5.74) is 4.27. The van der Waals surface area contributed by atoms with Gasteiger partial charge in [-0.15, -0.1) is 0 Å². The average Bonchev–Trinajstić information content (AvgIpc) is 2.40. The Morgan fingerprint density at radius 1 is 1.00 bits per heavy atom. The van der Waals surface area contributed by atoms with E-state index < -0.39 is 0 Å². The van der Waals surface area contributed by atoms with Gasteiger partial charge in [0.15, 0.2) is 0 Å². The highest BCUT2D eigenvalue weighted by atomic mass is 79.9. The fourth-order valence-corrected chi connectivity index (χ4v) is 2.24. The third kappa shape index (κ3) is 2.95. The van der Waals surface area contributed by atoms with Crippen LogP contribution in [-0.4, -0.2) is 5.33 Å². The molecule has 2 heteroatoms. The Labute approximate surface area is 110 Å². The van der Waals surface area contributed by atoms with Crippen molar-refractivity contribution in [1.29, 1.82) is 5.26 Å². The van der Waals surface area contributed by atoms with Gasteiger partial charge in [-0.25, -0.2) is 0 Å². The molecule has 1 nitrogen and oxygen atoms in total. The van der Waals surface area contributed by atoms with E-state index in [4.69, 9.17) is 5.26 Å². The molecule has 2 aromatic carbocycles. The molecule has 0 N–H and O–H groups in total. The van der Waals surface area contributed by atoms with Crippen molar-refractivity contribution in [2.75, 3.05) is 5.33 Å². The van der Waals surface area contributed by atoms with E-state index in [0.717, 1.165) is 17.3 Å². The van der Waals surface area contributed by atoms with E-state index >= 15 is 0 Å². The molecule has 0 spiro atoms. The van der Waals surface area contributed by atoms with E-state index in [1.807, 2.05) is 24.3 Å². The molecule has 0 aliphatic rings. The first-order valence-electron chi connectivity index (χ1n) is 5.49. The third-order valence-electron chi connectivity index (χ3n) is 2.64. The van der Waals surface area contributed by atoms with Gasteiger partial charge in [-0.1, -0.05) is 52.3 Å². The number of benzene rings is 2. The van der Waals surface area contributed by atoms with E-state index in [9.17, 15) is 0 Å². The van der Waals surface area contributed by atoms with Gasteiger partial charge in [0.1, 0.15) is 0 Å². The second-order valence-electron chi connectivity index (χ2n) is 3.83. The van der Waals surface area contributed by atoms with E-state index in [2.05, 4.69) is 46.3 Å². The van der Waals surface area contributed by atoms with Crippen LogP contribution in [0.1, 0.15) is 11.1 Å². The molecular formula is C15H12BrN. The summed E-state index contributed by atoms with van der Waals surface area (Å²) in [7, 11) is 0. The summed E-state index contributed by atoms with van der Waals surface area (Å²) in [6.45, 7) is 0. The van der Waals surface area contributed by atoms with Gasteiger partial charge in [-0.3, -0.25) is 0 Å². The monoisotopic (exact) mass is 285 g/mol. The number of nitriles is 1. The molecule has 0 fully saturated rings. The van der Waals surface area contributed by atoms with Crippen LogP contribution in [0, 0.1) is 11.3 Å². The Kier molecular flexibility index (Phi) is 3.95. The number of halogens is 1. The zero-order valence-electron chi connectivity index (χ0n) is 9.36. The number of nitrogens with zero attached hydrogens (tertiary/aromatic N) is 1. The van der Waals surface area contributed by atoms with Crippen LogP contribution in [0.15, 0.2) is 48.5 Å². The van der Waals surface area contributed by atoms with Crippen LogP contribution in [0.25, 0.3) is 11.1 Å². The molecule has 0 saturated carbocycles. The lowest BCUT2D eigenvalue weighted by atomic mass is 10.0. The van der Waals surface area contributed by atoms with Crippen molar-refractivity contribution in [1.82, 2.24) is 0 Å². The fourth-order valence-electron chi connectivity index (χ4n) is 1.78. The zero-order valence-corrected chi connectivity index (χ0v) is 10.9. The molecule has 2 aromatic rings. The summed E-state index contributed by atoms with van der Waals surface area (Å²) >= 11 is 3.45. The standard InChI is InChI=1S/C15H12BrN/c16-8-7-12-3-1-5-14(9-12)15-6-2-4-13(10-15)11-17/h1-6,9-10H,7-8H2. The Bertz CT molecular complexity index is 555. The number of hydrogen-bond acceptors (Lipinski definition) is 1. The second kappa shape index (κ2) is 5.65. The Morgan fingerprint density at radius 2 is 1.71 bits per heavy atom. The number of rotatable bonds is 3. The van der Waals surface area contributed by atoms with E-state index in [0.29, 0.717) is 5.56 Å². The maximum atomic E-state index is 8.89. The maximum Gasteiger partial charge on any atom is 0.0991 e. The van der Waals surface area contributed by atoms with Crippen molar-refractivity contribution in [2.45, 2.75) is 6.42 Å². The minimum absolute atomic E-state index is 0.702. The molecule has 0 unspecified atom stereocenters. The summed E-state index contributed by atoms with van der Waals surface area (Å²) in [6.07, 6.45) is 1.02. The first kappa shape index (κ1) is 11.9. The van der Waals surface area contributed by atoms with Gasteiger partial charge < -0.3 is 0 Å². The molecule has 0 atom stereocenters. The van der Waals surface area contributed by atoms with Gasteiger partial charge in [0, 0.05) is 5.33 Å². The summed E-state index contributed by atoms with van der Waals surface area (Å²) in [5, 5.41) is 9.86. The normalized spacial score (nSPS) is 9.88. The molecule has 0 bridgehead atoms. The first-order valence-corrected chi connectivity index (χ1v) is 6.61. The second-order valence-corrected chi connectivity index (χ2v) is 4.62. The van der Waals surface area contributed by atoms with E-state index in [-0.39, 0.29) is 0 Å². The minimum atomic E-state index is 0.702. The lowest BCUT2D eigenvalue weighted by Crippen LogP contribution is -1.87. The van der Waals surface area contributed by atoms with Crippen molar-refractivity contribution in [3.05, 3.63) is 59.7 Å². The summed E-state index contributed by atoms with van der Waals surface area (Å²) in [4.78, 5) is 0. The van der Waals surface area contributed by atoms with Gasteiger partial charge in [0.05, 0.1) is 11.6 Å². The maximum absolute atomic E-state index is 8.89. The van der Waals surface area contributed by atoms with Crippen LogP contribution >= 0.6 is 15.9 Å². The van der Waals surface area contributed by atoms with Crippen molar-refractivity contribution in [3.8, 4) is 17.2 Å². The van der Waals surface area contributed by atoms with Crippen LogP contribution in [0.4, 0.5) is 0 Å². The topological polar surface area (TPSA) is 23.8 Å². The molecule has 84 valence electrons. The number of alkyl halides is 1. The SMILES string of the molecule is N#Cc1cccc(-c2cccc(CCBr)c2)c1. The van der Waals surface area contributed by atoms with Crippen LogP contribution in [-0.2, 0) is 6.42 Å². The third-order valence-corrected chi connectivity index (χ3v) is 3.03. The van der Waals surface area contributed by atoms with Crippen molar-refractivity contribution < 1.29 is 0 Å². The molecule has 0 saturated heterocycles. The molecule has 0 amide bonds. The van der Waals surface area contributed by atoms with Gasteiger partial charge in [-0.05, 0) is 35.2 Å². The first-order chi connectivity index (χ1) is 8.33. The van der Waals surface area contributed by atoms with Gasteiger partial charge >= 0.3 is 0 Å². The molecular weight excluding hydrogens is 274 g/mol. The average molecular weight is 286 g/mol. The predicted molar refractivity (Wildman–Crippen MR) is 74.1 cm³/mol. The van der Waals surface area contributed by atoms with Gasteiger partial charge in [-0.2, -0.15) is 5.26 Å². The predicted octanol–water partition coefficient (Wildman–Crippen LogP) is 4.16. The molecule has 0 aromatic heterocycles. The van der Waals surface area contributed by atoms with Crippen LogP contribution in [0.3, 0.4) is 0 Å². The number of hydrogen-bond donors (Lipinski definition) is 0. The lowest BCUT2D eigenvalue weighted by molar-refractivity contribution is 1.17. The highest BCUT2D eigenvalue weighted by molar-refractivity contribution is 9.09. The molecule has 0 heterocycles. The minimum Gasteiger partial charge on any atom is -0.192 e. The fraction of sp³-hybridized carbons (Fsp3) is 0.133. The highest BCUT2D eigenvalue weighted by Gasteiger charge is 2.00. The van der Waals surface area contributed by atoms with Crippen LogP contribution in [0.2, 0.25) is 0 Å². The summed E-state index contributed by atoms with van der Waals surface area (Å²) < 4.78 is 0. The van der Waals surface area contributed by atoms with Crippen LogP contribution < -0.4 is 0 Å². The largest absolute Gasteiger partial charge is 0.192 e. The lowest BCUT2D eigenvalue weighted by Gasteiger charge is -2.04. The molecule has 0 aliphatic carbocycles.